The van der Waals surface area contributed by atoms with Gasteiger partial charge in [-0.1, -0.05) is 76.9 Å². The third-order valence-electron chi connectivity index (χ3n) is 6.07. The van der Waals surface area contributed by atoms with Crippen LogP contribution in [0.4, 0.5) is 0 Å². The van der Waals surface area contributed by atoms with Gasteiger partial charge in [-0.3, -0.25) is 9.59 Å². The van der Waals surface area contributed by atoms with Gasteiger partial charge >= 0.3 is 0 Å². The number of nitrogens with one attached hydrogen (secondary N) is 2. The first-order valence-electron chi connectivity index (χ1n) is 11.5. The summed E-state index contributed by atoms with van der Waals surface area (Å²) in [6, 6.07) is 15.7. The van der Waals surface area contributed by atoms with Crippen LogP contribution in [0.15, 0.2) is 69.6 Å². The van der Waals surface area contributed by atoms with E-state index in [0.717, 1.165) is 39.3 Å². The summed E-state index contributed by atoms with van der Waals surface area (Å²) in [5, 5.41) is 6.26. The Hall–Kier alpha value is -2.18. The lowest BCUT2D eigenvalue weighted by Crippen LogP contribution is -2.50. The van der Waals surface area contributed by atoms with Crippen molar-refractivity contribution in [2.75, 3.05) is 6.54 Å². The highest BCUT2D eigenvalue weighted by Gasteiger charge is 2.41. The SMILES string of the molecule is CC1(C)CC(NC(=O)C=Cc2ccc(Br)cc2)CC(C)(CNC(=O)C=Cc2ccc(Br)cc2)C1. The number of hydrogen-bond donors (Lipinski definition) is 2. The summed E-state index contributed by atoms with van der Waals surface area (Å²) in [7, 11) is 0. The fraction of sp³-hybridized carbons (Fsp3) is 0.357. The molecule has 1 aliphatic rings. The number of amides is 2. The Bertz CT molecular complexity index is 1060. The Balaban J connectivity index is 1.56. The zero-order valence-electron chi connectivity index (χ0n) is 19.9. The van der Waals surface area contributed by atoms with Gasteiger partial charge in [-0.05, 0) is 77.6 Å². The van der Waals surface area contributed by atoms with Gasteiger partial charge in [-0.25, -0.2) is 0 Å². The normalized spacial score (nSPS) is 22.1. The van der Waals surface area contributed by atoms with E-state index in [0.29, 0.717) is 6.54 Å². The van der Waals surface area contributed by atoms with Gasteiger partial charge in [0.05, 0.1) is 0 Å². The molecule has 2 aromatic carbocycles. The van der Waals surface area contributed by atoms with Crippen molar-refractivity contribution in [3.63, 3.8) is 0 Å². The molecule has 0 bridgehead atoms. The summed E-state index contributed by atoms with van der Waals surface area (Å²) in [6.07, 6.45) is 9.53. The van der Waals surface area contributed by atoms with E-state index >= 15 is 0 Å². The van der Waals surface area contributed by atoms with E-state index in [1.54, 1.807) is 12.2 Å². The van der Waals surface area contributed by atoms with Crippen LogP contribution in [0.3, 0.4) is 0 Å². The van der Waals surface area contributed by atoms with Gasteiger partial charge in [-0.2, -0.15) is 0 Å². The van der Waals surface area contributed by atoms with Gasteiger partial charge < -0.3 is 10.6 Å². The van der Waals surface area contributed by atoms with E-state index in [4.69, 9.17) is 0 Å². The molecule has 1 saturated carbocycles. The first-order valence-corrected chi connectivity index (χ1v) is 13.1. The zero-order valence-corrected chi connectivity index (χ0v) is 23.1. The monoisotopic (exact) mass is 586 g/mol. The van der Waals surface area contributed by atoms with Crippen LogP contribution in [0.25, 0.3) is 12.2 Å². The molecule has 0 saturated heterocycles. The van der Waals surface area contributed by atoms with Crippen LogP contribution in [0.5, 0.6) is 0 Å². The van der Waals surface area contributed by atoms with Crippen LogP contribution >= 0.6 is 31.9 Å². The van der Waals surface area contributed by atoms with E-state index in [1.807, 2.05) is 60.7 Å². The summed E-state index contributed by atoms with van der Waals surface area (Å²) >= 11 is 6.84. The van der Waals surface area contributed by atoms with Crippen molar-refractivity contribution in [1.82, 2.24) is 10.6 Å². The number of carbonyl (C=O) groups excluding carboxylic acids is 2. The molecule has 0 radical (unpaired) electrons. The largest absolute Gasteiger partial charge is 0.352 e. The maximum absolute atomic E-state index is 12.6. The van der Waals surface area contributed by atoms with Crippen molar-refractivity contribution in [2.24, 2.45) is 10.8 Å². The summed E-state index contributed by atoms with van der Waals surface area (Å²) in [5.74, 6) is -0.194. The molecular weight excluding hydrogens is 556 g/mol. The molecule has 2 atom stereocenters. The molecule has 2 unspecified atom stereocenters. The molecule has 6 heteroatoms. The Morgan fingerprint density at radius 2 is 1.35 bits per heavy atom. The molecule has 180 valence electrons. The summed E-state index contributed by atoms with van der Waals surface area (Å²) in [4.78, 5) is 25.0. The van der Waals surface area contributed by atoms with Crippen LogP contribution < -0.4 is 10.6 Å². The topological polar surface area (TPSA) is 58.2 Å². The van der Waals surface area contributed by atoms with Crippen molar-refractivity contribution < 1.29 is 9.59 Å². The average Bonchev–Trinajstić information content (AvgIpc) is 2.75. The minimum absolute atomic E-state index is 0.0611. The quantitative estimate of drug-likeness (QED) is 0.352. The smallest absolute Gasteiger partial charge is 0.244 e. The molecular formula is C28H32Br2N2O2. The summed E-state index contributed by atoms with van der Waals surface area (Å²) in [5.41, 5.74) is 1.92. The predicted octanol–water partition coefficient (Wildman–Crippen LogP) is 6.76. The molecule has 2 N–H and O–H groups in total. The highest BCUT2D eigenvalue weighted by Crippen LogP contribution is 2.45. The van der Waals surface area contributed by atoms with Gasteiger partial charge in [0.25, 0.3) is 0 Å². The molecule has 1 fully saturated rings. The molecule has 34 heavy (non-hydrogen) atoms. The second kappa shape index (κ2) is 11.5. The lowest BCUT2D eigenvalue weighted by Gasteiger charge is -2.46. The fourth-order valence-corrected chi connectivity index (χ4v) is 5.50. The van der Waals surface area contributed by atoms with Crippen molar-refractivity contribution in [3.8, 4) is 0 Å². The van der Waals surface area contributed by atoms with Crippen LogP contribution in [-0.2, 0) is 9.59 Å². The lowest BCUT2D eigenvalue weighted by molar-refractivity contribution is -0.119. The third kappa shape index (κ3) is 8.55. The van der Waals surface area contributed by atoms with E-state index < -0.39 is 0 Å². The second-order valence-electron chi connectivity index (χ2n) is 10.3. The van der Waals surface area contributed by atoms with Crippen molar-refractivity contribution >= 4 is 55.8 Å². The highest BCUT2D eigenvalue weighted by molar-refractivity contribution is 9.10. The van der Waals surface area contributed by atoms with E-state index in [2.05, 4.69) is 63.3 Å². The van der Waals surface area contributed by atoms with Crippen LogP contribution in [-0.4, -0.2) is 24.4 Å². The van der Waals surface area contributed by atoms with Crippen LogP contribution in [0.2, 0.25) is 0 Å². The van der Waals surface area contributed by atoms with Gasteiger partial charge in [0.1, 0.15) is 0 Å². The Morgan fingerprint density at radius 1 is 0.853 bits per heavy atom. The molecule has 3 rings (SSSR count). The number of halogens is 2. The van der Waals surface area contributed by atoms with Gasteiger partial charge in [-0.15, -0.1) is 0 Å². The van der Waals surface area contributed by atoms with Crippen LogP contribution in [0, 0.1) is 10.8 Å². The fourth-order valence-electron chi connectivity index (χ4n) is 4.97. The minimum Gasteiger partial charge on any atom is -0.352 e. The van der Waals surface area contributed by atoms with E-state index in [1.165, 1.54) is 0 Å². The van der Waals surface area contributed by atoms with Crippen molar-refractivity contribution in [2.45, 2.75) is 46.1 Å². The minimum atomic E-state index is -0.106. The Labute approximate surface area is 219 Å². The molecule has 2 amide bonds. The van der Waals surface area contributed by atoms with E-state index in [-0.39, 0.29) is 28.7 Å². The van der Waals surface area contributed by atoms with Gasteiger partial charge in [0, 0.05) is 33.7 Å². The number of rotatable bonds is 7. The molecule has 2 aromatic rings. The van der Waals surface area contributed by atoms with Gasteiger partial charge in [0.2, 0.25) is 11.8 Å². The van der Waals surface area contributed by atoms with Crippen molar-refractivity contribution in [3.05, 3.63) is 80.8 Å². The molecule has 1 aliphatic carbocycles. The summed E-state index contributed by atoms with van der Waals surface area (Å²) < 4.78 is 2.01. The highest BCUT2D eigenvalue weighted by atomic mass is 79.9. The lowest BCUT2D eigenvalue weighted by atomic mass is 9.62. The Morgan fingerprint density at radius 3 is 1.88 bits per heavy atom. The van der Waals surface area contributed by atoms with Gasteiger partial charge in [0.15, 0.2) is 0 Å². The van der Waals surface area contributed by atoms with Crippen molar-refractivity contribution in [1.29, 1.82) is 0 Å². The maximum Gasteiger partial charge on any atom is 0.244 e. The molecule has 4 nitrogen and oxygen atoms in total. The molecule has 0 aromatic heterocycles. The molecule has 0 heterocycles. The zero-order chi connectivity index (χ0) is 24.8. The molecule has 0 spiro atoms. The number of carbonyl (C=O) groups is 2. The number of benzene rings is 2. The van der Waals surface area contributed by atoms with Crippen LogP contribution in [0.1, 0.15) is 51.2 Å². The third-order valence-corrected chi connectivity index (χ3v) is 7.13. The molecule has 0 aliphatic heterocycles. The maximum atomic E-state index is 12.6. The standard InChI is InChI=1S/C28H32Br2N2O2/c1-27(2)16-24(32-26(34)15-9-21-6-12-23(30)13-7-21)17-28(3,18-27)19-31-25(33)14-8-20-4-10-22(29)11-5-20/h4-15,24H,16-19H2,1-3H3,(H,31,33)(H,32,34). The first kappa shape index (κ1) is 26.4. The van der Waals surface area contributed by atoms with E-state index in [9.17, 15) is 9.59 Å². The number of hydrogen-bond acceptors (Lipinski definition) is 2. The second-order valence-corrected chi connectivity index (χ2v) is 12.1. The predicted molar refractivity (Wildman–Crippen MR) is 147 cm³/mol. The average molecular weight is 588 g/mol. The summed E-state index contributed by atoms with van der Waals surface area (Å²) in [6.45, 7) is 7.23. The Kier molecular flexibility index (Phi) is 8.94. The first-order chi connectivity index (χ1) is 16.0.